The van der Waals surface area contributed by atoms with Crippen LogP contribution < -0.4 is 0 Å². The van der Waals surface area contributed by atoms with Crippen molar-refractivity contribution in [1.29, 1.82) is 0 Å². The molecular formula is C18H26NO8PS. The number of hydrogen-bond acceptors (Lipinski definition) is 9. The summed E-state index contributed by atoms with van der Waals surface area (Å²) in [5.74, 6) is -0.218. The molecule has 2 unspecified atom stereocenters. The molecule has 0 saturated carbocycles. The summed E-state index contributed by atoms with van der Waals surface area (Å²) in [7, 11) is 1.43. The predicted molar refractivity (Wildman–Crippen MR) is 108 cm³/mol. The van der Waals surface area contributed by atoms with Crippen LogP contribution in [0.5, 0.6) is 0 Å². The van der Waals surface area contributed by atoms with E-state index in [-0.39, 0.29) is 44.8 Å². The highest BCUT2D eigenvalue weighted by molar-refractivity contribution is 8.55. The van der Waals surface area contributed by atoms with Crippen LogP contribution in [0.2, 0.25) is 0 Å². The third-order valence-corrected chi connectivity index (χ3v) is 7.99. The van der Waals surface area contributed by atoms with Crippen molar-refractivity contribution in [2.24, 2.45) is 0 Å². The number of hydrogen-bond donors (Lipinski definition) is 2. The summed E-state index contributed by atoms with van der Waals surface area (Å²) in [5, 5.41) is 18.2. The Morgan fingerprint density at radius 1 is 1.14 bits per heavy atom. The highest BCUT2D eigenvalue weighted by atomic mass is 32.7. The molecule has 0 bridgehead atoms. The molecule has 2 rings (SSSR count). The van der Waals surface area contributed by atoms with Gasteiger partial charge >= 0.3 is 6.80 Å². The van der Waals surface area contributed by atoms with E-state index in [0.29, 0.717) is 29.7 Å². The summed E-state index contributed by atoms with van der Waals surface area (Å²) >= 11 is 0.950. The van der Waals surface area contributed by atoms with Gasteiger partial charge in [-0.2, -0.15) is 0 Å². The SMILES string of the molecule is COCC(CO)OP(=O)(OCCO)SCCCCN1C(=O)c2ccccc2C1=O. The van der Waals surface area contributed by atoms with Crippen LogP contribution in [0.1, 0.15) is 33.6 Å². The predicted octanol–water partition coefficient (Wildman–Crippen LogP) is 1.94. The lowest BCUT2D eigenvalue weighted by Gasteiger charge is -2.22. The Morgan fingerprint density at radius 3 is 2.34 bits per heavy atom. The molecule has 2 N–H and O–H groups in total. The second-order valence-corrected chi connectivity index (χ2v) is 10.4. The molecule has 0 aliphatic carbocycles. The number of aliphatic hydroxyl groups is 2. The van der Waals surface area contributed by atoms with E-state index >= 15 is 0 Å². The molecule has 0 spiro atoms. The van der Waals surface area contributed by atoms with Gasteiger partial charge in [0.25, 0.3) is 11.8 Å². The number of methoxy groups -OCH3 is 1. The first-order valence-electron chi connectivity index (χ1n) is 9.19. The Kier molecular flexibility index (Phi) is 9.78. The van der Waals surface area contributed by atoms with Gasteiger partial charge < -0.3 is 14.9 Å². The number of imide groups is 1. The highest BCUT2D eigenvalue weighted by Crippen LogP contribution is 2.61. The minimum Gasteiger partial charge on any atom is -0.394 e. The van der Waals surface area contributed by atoms with Crippen LogP contribution in [0.3, 0.4) is 0 Å². The summed E-state index contributed by atoms with van der Waals surface area (Å²) < 4.78 is 28.3. The molecule has 2 amide bonds. The second-order valence-electron chi connectivity index (χ2n) is 6.22. The molecular weight excluding hydrogens is 421 g/mol. The number of nitrogens with zero attached hydrogens (tertiary/aromatic N) is 1. The lowest BCUT2D eigenvalue weighted by atomic mass is 10.1. The fourth-order valence-electron chi connectivity index (χ4n) is 2.73. The zero-order chi connectivity index (χ0) is 21.3. The average Bonchev–Trinajstić information content (AvgIpc) is 2.97. The van der Waals surface area contributed by atoms with Crippen LogP contribution in [0, 0.1) is 0 Å². The summed E-state index contributed by atoms with van der Waals surface area (Å²) in [6, 6.07) is 6.71. The molecule has 2 atom stereocenters. The largest absolute Gasteiger partial charge is 0.394 e. The molecule has 9 nitrogen and oxygen atoms in total. The van der Waals surface area contributed by atoms with Crippen molar-refractivity contribution < 1.29 is 38.2 Å². The van der Waals surface area contributed by atoms with E-state index in [2.05, 4.69) is 0 Å². The molecule has 0 radical (unpaired) electrons. The van der Waals surface area contributed by atoms with Gasteiger partial charge in [-0.05, 0) is 36.4 Å². The Balaban J connectivity index is 1.82. The summed E-state index contributed by atoms with van der Waals surface area (Å²) in [4.78, 5) is 25.9. The van der Waals surface area contributed by atoms with Gasteiger partial charge in [0.15, 0.2) is 0 Å². The number of rotatable bonds is 14. The minimum absolute atomic E-state index is 0.0449. The number of carbonyl (C=O) groups is 2. The average molecular weight is 447 g/mol. The number of aliphatic hydroxyl groups excluding tert-OH is 2. The smallest absolute Gasteiger partial charge is 0.389 e. The molecule has 1 aliphatic heterocycles. The van der Waals surface area contributed by atoms with E-state index in [1.54, 1.807) is 24.3 Å². The van der Waals surface area contributed by atoms with E-state index in [0.717, 1.165) is 11.4 Å². The van der Waals surface area contributed by atoms with Gasteiger partial charge in [-0.25, -0.2) is 4.57 Å². The molecule has 0 aromatic heterocycles. The van der Waals surface area contributed by atoms with Crippen LogP contribution in [0.4, 0.5) is 0 Å². The molecule has 1 aliphatic rings. The maximum Gasteiger partial charge on any atom is 0.389 e. The van der Waals surface area contributed by atoms with Crippen molar-refractivity contribution in [3.63, 3.8) is 0 Å². The fraction of sp³-hybridized carbons (Fsp3) is 0.556. The number of amides is 2. The zero-order valence-corrected chi connectivity index (χ0v) is 17.9. The Labute approximate surface area is 173 Å². The van der Waals surface area contributed by atoms with Gasteiger partial charge in [-0.15, -0.1) is 0 Å². The van der Waals surface area contributed by atoms with E-state index in [9.17, 15) is 19.3 Å². The molecule has 162 valence electrons. The summed E-state index contributed by atoms with van der Waals surface area (Å²) in [6.45, 7) is -4.17. The van der Waals surface area contributed by atoms with E-state index in [1.165, 1.54) is 12.0 Å². The first-order valence-corrected chi connectivity index (χ1v) is 12.3. The molecule has 0 fully saturated rings. The van der Waals surface area contributed by atoms with Crippen molar-refractivity contribution in [1.82, 2.24) is 4.90 Å². The molecule has 29 heavy (non-hydrogen) atoms. The molecule has 1 aromatic carbocycles. The van der Waals surface area contributed by atoms with Crippen molar-refractivity contribution in [3.05, 3.63) is 35.4 Å². The van der Waals surface area contributed by atoms with Crippen LogP contribution in [0.25, 0.3) is 0 Å². The quantitative estimate of drug-likeness (QED) is 0.250. The minimum atomic E-state index is -3.61. The second kappa shape index (κ2) is 11.8. The van der Waals surface area contributed by atoms with E-state index < -0.39 is 12.9 Å². The normalized spacial score (nSPS) is 16.7. The Hall–Kier alpha value is -1.26. The maximum atomic E-state index is 12.8. The van der Waals surface area contributed by atoms with Gasteiger partial charge in [0.05, 0.1) is 37.6 Å². The van der Waals surface area contributed by atoms with Crippen molar-refractivity contribution in [3.8, 4) is 0 Å². The van der Waals surface area contributed by atoms with Gasteiger partial charge in [0, 0.05) is 19.4 Å². The first kappa shape index (κ1) is 24.0. The monoisotopic (exact) mass is 447 g/mol. The molecule has 0 saturated heterocycles. The number of benzene rings is 1. The van der Waals surface area contributed by atoms with Crippen LogP contribution in [-0.4, -0.2) is 78.9 Å². The van der Waals surface area contributed by atoms with Gasteiger partial charge in [-0.1, -0.05) is 12.1 Å². The molecule has 1 aromatic rings. The zero-order valence-electron chi connectivity index (χ0n) is 16.2. The molecule has 1 heterocycles. The number of fused-ring (bicyclic) bond motifs is 1. The lowest BCUT2D eigenvalue weighted by Crippen LogP contribution is -2.30. The maximum absolute atomic E-state index is 12.8. The van der Waals surface area contributed by atoms with Gasteiger partial charge in [0.2, 0.25) is 0 Å². The van der Waals surface area contributed by atoms with Crippen LogP contribution in [-0.2, 0) is 18.3 Å². The van der Waals surface area contributed by atoms with Crippen LogP contribution in [0.15, 0.2) is 24.3 Å². The standard InChI is InChI=1S/C18H26NO8PS/c1-25-13-14(12-21)27-28(24,26-10-9-20)29-11-5-4-8-19-17(22)15-6-2-3-7-16(15)18(19)23/h2-3,6-7,14,20-21H,4-5,8-13H2,1H3. The fourth-order valence-corrected chi connectivity index (χ4v) is 6.33. The Morgan fingerprint density at radius 2 is 1.79 bits per heavy atom. The Bertz CT molecular complexity index is 711. The topological polar surface area (TPSA) is 123 Å². The summed E-state index contributed by atoms with van der Waals surface area (Å²) in [5.41, 5.74) is 0.825. The van der Waals surface area contributed by atoms with Gasteiger partial charge in [0.1, 0.15) is 6.10 Å². The van der Waals surface area contributed by atoms with Crippen molar-refractivity contribution >= 4 is 30.0 Å². The molecule has 11 heteroatoms. The first-order chi connectivity index (χ1) is 14.0. The lowest BCUT2D eigenvalue weighted by molar-refractivity contribution is 0.0318. The van der Waals surface area contributed by atoms with Crippen molar-refractivity contribution in [2.45, 2.75) is 18.9 Å². The summed E-state index contributed by atoms with van der Waals surface area (Å²) in [6.07, 6.45) is 0.275. The number of ether oxygens (including phenoxy) is 1. The van der Waals surface area contributed by atoms with E-state index in [4.69, 9.17) is 18.9 Å². The third kappa shape index (κ3) is 6.62. The third-order valence-electron chi connectivity index (χ3n) is 4.08. The number of carbonyl (C=O) groups excluding carboxylic acids is 2. The van der Waals surface area contributed by atoms with E-state index in [1.807, 2.05) is 0 Å². The number of unbranched alkanes of at least 4 members (excludes halogenated alkanes) is 1. The van der Waals surface area contributed by atoms with Gasteiger partial charge in [-0.3, -0.25) is 23.5 Å². The van der Waals surface area contributed by atoms with Crippen LogP contribution >= 0.6 is 18.2 Å². The highest BCUT2D eigenvalue weighted by Gasteiger charge is 2.34. The van der Waals surface area contributed by atoms with Crippen molar-refractivity contribution in [2.75, 3.05) is 45.8 Å².